The molecule has 1 N–H and O–H groups in total. The minimum Gasteiger partial charge on any atom is -0.382 e. The number of thiophene rings is 1. The quantitative estimate of drug-likeness (QED) is 0.453. The first kappa shape index (κ1) is 23.1. The van der Waals surface area contributed by atoms with E-state index in [1.807, 2.05) is 25.3 Å². The van der Waals surface area contributed by atoms with Crippen LogP contribution in [0.25, 0.3) is 5.00 Å². The number of hydrogen-bond acceptors (Lipinski definition) is 3. The van der Waals surface area contributed by atoms with Crippen LogP contribution in [0.2, 0.25) is 0 Å². The Morgan fingerprint density at radius 2 is 1.97 bits per heavy atom. The predicted molar refractivity (Wildman–Crippen MR) is 129 cm³/mol. The second-order valence-corrected chi connectivity index (χ2v) is 9.90. The minimum absolute atomic E-state index is 0.248. The van der Waals surface area contributed by atoms with Gasteiger partial charge in [0.1, 0.15) is 22.7 Å². The molecule has 0 unspecified atom stereocenters. The number of urea groups is 1. The SMILES string of the molecule is CCOCCCNC(=O)N1Cc2c(sc3c2CCCC3)-n2cccc2[C@@H]1c1cc(F)cc(F)c1. The van der Waals surface area contributed by atoms with E-state index in [1.54, 1.807) is 16.2 Å². The topological polar surface area (TPSA) is 46.5 Å². The van der Waals surface area contributed by atoms with Crippen LogP contribution in [0.4, 0.5) is 13.6 Å². The first-order valence-corrected chi connectivity index (χ1v) is 12.8. The largest absolute Gasteiger partial charge is 0.382 e. The lowest BCUT2D eigenvalue weighted by molar-refractivity contribution is 0.143. The van der Waals surface area contributed by atoms with Crippen molar-refractivity contribution in [2.45, 2.75) is 51.6 Å². The normalized spacial score (nSPS) is 17.0. The number of nitrogens with zero attached hydrogens (tertiary/aromatic N) is 2. The third-order valence-corrected chi connectivity index (χ3v) is 7.92. The second-order valence-electron chi connectivity index (χ2n) is 8.81. The summed E-state index contributed by atoms with van der Waals surface area (Å²) in [5.74, 6) is -1.30. The highest BCUT2D eigenvalue weighted by molar-refractivity contribution is 7.15. The lowest BCUT2D eigenvalue weighted by atomic mass is 9.95. The van der Waals surface area contributed by atoms with Crippen molar-refractivity contribution in [2.24, 2.45) is 0 Å². The monoisotopic (exact) mass is 485 g/mol. The molecule has 2 aromatic heterocycles. The van der Waals surface area contributed by atoms with E-state index in [0.29, 0.717) is 38.3 Å². The van der Waals surface area contributed by atoms with Crippen molar-refractivity contribution >= 4 is 17.4 Å². The third-order valence-electron chi connectivity index (χ3n) is 6.59. The van der Waals surface area contributed by atoms with Crippen molar-refractivity contribution in [3.05, 3.63) is 75.4 Å². The van der Waals surface area contributed by atoms with Gasteiger partial charge in [-0.3, -0.25) is 0 Å². The van der Waals surface area contributed by atoms with Gasteiger partial charge in [-0.2, -0.15) is 0 Å². The zero-order valence-corrected chi connectivity index (χ0v) is 20.1. The number of amides is 2. The molecule has 0 fully saturated rings. The Balaban J connectivity index is 1.57. The molecule has 1 atom stereocenters. The summed E-state index contributed by atoms with van der Waals surface area (Å²) in [6.07, 6.45) is 7.06. The molecule has 3 heterocycles. The van der Waals surface area contributed by atoms with Crippen LogP contribution in [0.3, 0.4) is 0 Å². The molecule has 34 heavy (non-hydrogen) atoms. The molecule has 5 rings (SSSR count). The summed E-state index contributed by atoms with van der Waals surface area (Å²) in [5, 5.41) is 4.12. The van der Waals surface area contributed by atoms with Crippen molar-refractivity contribution in [1.29, 1.82) is 0 Å². The molecule has 3 aromatic rings. The average Bonchev–Trinajstić information content (AvgIpc) is 3.40. The van der Waals surface area contributed by atoms with E-state index in [0.717, 1.165) is 41.6 Å². The van der Waals surface area contributed by atoms with Gasteiger partial charge in [-0.25, -0.2) is 13.6 Å². The Kier molecular flexibility index (Phi) is 6.70. The number of aryl methyl sites for hydroxylation is 1. The molecule has 0 radical (unpaired) electrons. The van der Waals surface area contributed by atoms with Crippen LogP contribution in [-0.4, -0.2) is 35.3 Å². The molecule has 0 saturated heterocycles. The number of ether oxygens (including phenoxy) is 1. The number of rotatable bonds is 6. The fourth-order valence-electron chi connectivity index (χ4n) is 5.09. The maximum Gasteiger partial charge on any atom is 0.318 e. The Hall–Kier alpha value is -2.71. The fraction of sp³-hybridized carbons (Fsp3) is 0.423. The molecule has 2 aliphatic rings. The Morgan fingerprint density at radius 3 is 2.76 bits per heavy atom. The molecular formula is C26H29F2N3O2S. The van der Waals surface area contributed by atoms with Crippen molar-refractivity contribution in [3.8, 4) is 5.00 Å². The summed E-state index contributed by atoms with van der Waals surface area (Å²) in [4.78, 5) is 16.7. The van der Waals surface area contributed by atoms with Gasteiger partial charge >= 0.3 is 6.03 Å². The number of carbonyl (C=O) groups excluding carboxylic acids is 1. The van der Waals surface area contributed by atoms with E-state index >= 15 is 0 Å². The highest BCUT2D eigenvalue weighted by atomic mass is 32.1. The summed E-state index contributed by atoms with van der Waals surface area (Å²) in [7, 11) is 0. The molecule has 1 aliphatic carbocycles. The van der Waals surface area contributed by atoms with Gasteiger partial charge in [0.2, 0.25) is 0 Å². The summed E-state index contributed by atoms with van der Waals surface area (Å²) >= 11 is 1.78. The maximum absolute atomic E-state index is 14.3. The van der Waals surface area contributed by atoms with Gasteiger partial charge < -0.3 is 19.5 Å². The molecule has 5 nitrogen and oxygen atoms in total. The van der Waals surface area contributed by atoms with E-state index < -0.39 is 17.7 Å². The average molecular weight is 486 g/mol. The third kappa shape index (κ3) is 4.36. The zero-order chi connectivity index (χ0) is 23.7. The van der Waals surface area contributed by atoms with Gasteiger partial charge in [-0.1, -0.05) is 0 Å². The minimum atomic E-state index is -0.651. The Labute approximate surface area is 202 Å². The Bertz CT molecular complexity index is 1170. The molecule has 0 bridgehead atoms. The number of aromatic nitrogens is 1. The smallest absolute Gasteiger partial charge is 0.318 e. The standard InChI is InChI=1S/C26H29F2N3O2S/c1-2-33-12-6-10-29-26(32)31-16-21-20-7-3-4-9-23(20)34-25(21)30-11-5-8-22(30)24(31)17-13-18(27)15-19(28)14-17/h5,8,11,13-15,24H,2-4,6-7,9-10,12,16H2,1H3,(H,29,32)/t24-/m0/s1. The van der Waals surface area contributed by atoms with Crippen LogP contribution in [-0.2, 0) is 24.1 Å². The molecule has 1 aliphatic heterocycles. The van der Waals surface area contributed by atoms with Gasteiger partial charge in [0.05, 0.1) is 12.2 Å². The lowest BCUT2D eigenvalue weighted by Gasteiger charge is -2.31. The molecule has 0 spiro atoms. The fourth-order valence-corrected chi connectivity index (χ4v) is 6.49. The lowest BCUT2D eigenvalue weighted by Crippen LogP contribution is -2.42. The summed E-state index contributed by atoms with van der Waals surface area (Å²) in [6, 6.07) is 6.53. The number of fused-ring (bicyclic) bond motifs is 5. The van der Waals surface area contributed by atoms with Crippen LogP contribution in [0.1, 0.15) is 59.5 Å². The zero-order valence-electron chi connectivity index (χ0n) is 19.3. The van der Waals surface area contributed by atoms with Gasteiger partial charge in [0, 0.05) is 42.5 Å². The molecule has 0 saturated carbocycles. The highest BCUT2D eigenvalue weighted by Gasteiger charge is 2.36. The van der Waals surface area contributed by atoms with E-state index in [-0.39, 0.29) is 6.03 Å². The van der Waals surface area contributed by atoms with Crippen LogP contribution in [0, 0.1) is 11.6 Å². The van der Waals surface area contributed by atoms with Crippen molar-refractivity contribution < 1.29 is 18.3 Å². The Morgan fingerprint density at radius 1 is 1.18 bits per heavy atom. The van der Waals surface area contributed by atoms with E-state index in [2.05, 4.69) is 9.88 Å². The van der Waals surface area contributed by atoms with Gasteiger partial charge in [0.25, 0.3) is 0 Å². The first-order chi connectivity index (χ1) is 16.6. The van der Waals surface area contributed by atoms with Crippen molar-refractivity contribution in [1.82, 2.24) is 14.8 Å². The maximum atomic E-state index is 14.3. The second kappa shape index (κ2) is 9.88. The number of nitrogens with one attached hydrogen (secondary N) is 1. The van der Waals surface area contributed by atoms with Gasteiger partial charge in [-0.15, -0.1) is 11.3 Å². The summed E-state index contributed by atoms with van der Waals surface area (Å²) < 4.78 is 36.1. The predicted octanol–water partition coefficient (Wildman–Crippen LogP) is 5.74. The molecule has 2 amide bonds. The number of benzene rings is 1. The summed E-state index contributed by atoms with van der Waals surface area (Å²) in [5.41, 5.74) is 3.74. The highest BCUT2D eigenvalue weighted by Crippen LogP contribution is 2.44. The van der Waals surface area contributed by atoms with Crippen LogP contribution < -0.4 is 5.32 Å². The van der Waals surface area contributed by atoms with Crippen molar-refractivity contribution in [2.75, 3.05) is 19.8 Å². The summed E-state index contributed by atoms with van der Waals surface area (Å²) in [6.45, 7) is 4.00. The first-order valence-electron chi connectivity index (χ1n) is 12.0. The van der Waals surface area contributed by atoms with E-state index in [9.17, 15) is 13.6 Å². The molecule has 8 heteroatoms. The van der Waals surface area contributed by atoms with Gasteiger partial charge in [0.15, 0.2) is 0 Å². The van der Waals surface area contributed by atoms with Crippen LogP contribution in [0.15, 0.2) is 36.5 Å². The van der Waals surface area contributed by atoms with E-state index in [4.69, 9.17) is 4.74 Å². The number of halogens is 2. The molecular weight excluding hydrogens is 456 g/mol. The molecule has 180 valence electrons. The molecule has 1 aromatic carbocycles. The van der Waals surface area contributed by atoms with Gasteiger partial charge in [-0.05, 0) is 74.4 Å². The van der Waals surface area contributed by atoms with Crippen molar-refractivity contribution in [3.63, 3.8) is 0 Å². The number of hydrogen-bond donors (Lipinski definition) is 1. The van der Waals surface area contributed by atoms with E-state index in [1.165, 1.54) is 29.0 Å². The number of carbonyl (C=O) groups is 1. The van der Waals surface area contributed by atoms with Crippen LogP contribution in [0.5, 0.6) is 0 Å². The van der Waals surface area contributed by atoms with Crippen LogP contribution >= 0.6 is 11.3 Å².